The molecule has 1 amide bonds. The summed E-state index contributed by atoms with van der Waals surface area (Å²) in [4.78, 5) is 12.6. The van der Waals surface area contributed by atoms with Gasteiger partial charge in [-0.05, 0) is 62.1 Å². The van der Waals surface area contributed by atoms with Crippen LogP contribution in [0.4, 0.5) is 18.9 Å². The van der Waals surface area contributed by atoms with E-state index in [1.54, 1.807) is 0 Å². The van der Waals surface area contributed by atoms with Crippen LogP contribution in [0.5, 0.6) is 0 Å². The zero-order valence-corrected chi connectivity index (χ0v) is 13.7. The van der Waals surface area contributed by atoms with E-state index in [2.05, 4.69) is 5.32 Å². The fourth-order valence-electron chi connectivity index (χ4n) is 4.32. The Morgan fingerprint density at radius 3 is 2.42 bits per heavy atom. The van der Waals surface area contributed by atoms with E-state index in [1.807, 2.05) is 0 Å². The van der Waals surface area contributed by atoms with Gasteiger partial charge in [-0.15, -0.1) is 0 Å². The summed E-state index contributed by atoms with van der Waals surface area (Å²) in [6.45, 7) is 1.39. The minimum atomic E-state index is -4.42. The quantitative estimate of drug-likeness (QED) is 0.851. The highest BCUT2D eigenvalue weighted by Gasteiger charge is 2.40. The summed E-state index contributed by atoms with van der Waals surface area (Å²) < 4.78 is 39.0. The summed E-state index contributed by atoms with van der Waals surface area (Å²) in [5.74, 6) is 0.377. The van der Waals surface area contributed by atoms with Crippen molar-refractivity contribution in [2.45, 2.75) is 51.2 Å². The normalized spacial score (nSPS) is 30.0. The van der Waals surface area contributed by atoms with E-state index in [0.29, 0.717) is 11.8 Å². The molecule has 0 aliphatic heterocycles. The van der Waals surface area contributed by atoms with Crippen LogP contribution in [0.15, 0.2) is 18.2 Å². The number of carbonyl (C=O) groups excluding carboxylic acids is 1. The smallest absolute Gasteiger partial charge is 0.327 e. The van der Waals surface area contributed by atoms with Crippen LogP contribution in [0.1, 0.15) is 43.2 Å². The molecule has 2 unspecified atom stereocenters. The molecule has 0 saturated heterocycles. The topological polar surface area (TPSA) is 55.1 Å². The molecule has 2 fully saturated rings. The number of fused-ring (bicyclic) bond motifs is 2. The Balaban J connectivity index is 1.74. The first-order valence-corrected chi connectivity index (χ1v) is 8.50. The number of amides is 1. The third kappa shape index (κ3) is 3.29. The molecule has 3 nitrogen and oxygen atoms in total. The molecule has 3 rings (SSSR count). The van der Waals surface area contributed by atoms with Crippen LogP contribution in [0.3, 0.4) is 0 Å². The SMILES string of the molecule is Cc1c(NC(=O)C2CC3CCCC(C2)C3N)cccc1C(F)(F)F. The average molecular weight is 340 g/mol. The molecule has 24 heavy (non-hydrogen) atoms. The number of alkyl halides is 3. The minimum Gasteiger partial charge on any atom is -0.327 e. The van der Waals surface area contributed by atoms with E-state index in [-0.39, 0.29) is 29.1 Å². The number of halogens is 3. The maximum atomic E-state index is 13.0. The summed E-state index contributed by atoms with van der Waals surface area (Å²) in [5.41, 5.74) is 5.84. The molecule has 2 aliphatic rings. The molecule has 0 spiro atoms. The number of carbonyl (C=O) groups is 1. The maximum Gasteiger partial charge on any atom is 0.416 e. The van der Waals surface area contributed by atoms with E-state index in [0.717, 1.165) is 38.2 Å². The van der Waals surface area contributed by atoms with Gasteiger partial charge in [0, 0.05) is 17.6 Å². The van der Waals surface area contributed by atoms with E-state index < -0.39 is 11.7 Å². The second-order valence-corrected chi connectivity index (χ2v) is 7.16. The van der Waals surface area contributed by atoms with Crippen LogP contribution in [0.25, 0.3) is 0 Å². The minimum absolute atomic E-state index is 0.0612. The number of benzene rings is 1. The summed E-state index contributed by atoms with van der Waals surface area (Å²) in [6, 6.07) is 4.06. The van der Waals surface area contributed by atoms with Crippen LogP contribution >= 0.6 is 0 Å². The Hall–Kier alpha value is -1.56. The van der Waals surface area contributed by atoms with E-state index in [9.17, 15) is 18.0 Å². The van der Waals surface area contributed by atoms with E-state index in [1.165, 1.54) is 19.1 Å². The number of hydrogen-bond donors (Lipinski definition) is 2. The summed E-state index contributed by atoms with van der Waals surface area (Å²) >= 11 is 0. The molecule has 0 aromatic heterocycles. The van der Waals surface area contributed by atoms with Gasteiger partial charge >= 0.3 is 6.18 Å². The van der Waals surface area contributed by atoms with Gasteiger partial charge in [0.05, 0.1) is 5.56 Å². The summed E-state index contributed by atoms with van der Waals surface area (Å²) in [7, 11) is 0. The van der Waals surface area contributed by atoms with E-state index in [4.69, 9.17) is 5.73 Å². The lowest BCUT2D eigenvalue weighted by atomic mass is 9.65. The zero-order chi connectivity index (χ0) is 17.5. The van der Waals surface area contributed by atoms with Crippen molar-refractivity contribution in [2.75, 3.05) is 5.32 Å². The first kappa shape index (κ1) is 17.3. The van der Waals surface area contributed by atoms with Crippen molar-refractivity contribution in [2.24, 2.45) is 23.5 Å². The molecule has 2 aliphatic carbocycles. The number of anilines is 1. The second kappa shape index (κ2) is 6.39. The van der Waals surface area contributed by atoms with Crippen molar-refractivity contribution >= 4 is 11.6 Å². The molecule has 3 N–H and O–H groups in total. The Kier molecular flexibility index (Phi) is 4.60. The highest BCUT2D eigenvalue weighted by molar-refractivity contribution is 5.93. The lowest BCUT2D eigenvalue weighted by molar-refractivity contribution is -0.138. The van der Waals surface area contributed by atoms with Gasteiger partial charge < -0.3 is 11.1 Å². The maximum absolute atomic E-state index is 13.0. The molecule has 2 bridgehead atoms. The lowest BCUT2D eigenvalue weighted by Crippen LogP contribution is -2.48. The van der Waals surface area contributed by atoms with Gasteiger partial charge in [-0.2, -0.15) is 13.2 Å². The molecule has 2 saturated carbocycles. The van der Waals surface area contributed by atoms with Crippen LogP contribution in [-0.4, -0.2) is 11.9 Å². The van der Waals surface area contributed by atoms with Crippen molar-refractivity contribution < 1.29 is 18.0 Å². The number of nitrogens with two attached hydrogens (primary N) is 1. The fourth-order valence-corrected chi connectivity index (χ4v) is 4.32. The summed E-state index contributed by atoms with van der Waals surface area (Å²) in [5, 5.41) is 2.72. The Morgan fingerprint density at radius 1 is 1.21 bits per heavy atom. The Bertz CT molecular complexity index is 615. The number of nitrogens with one attached hydrogen (secondary N) is 1. The molecule has 6 heteroatoms. The van der Waals surface area contributed by atoms with Gasteiger partial charge in [0.25, 0.3) is 0 Å². The van der Waals surface area contributed by atoms with Crippen molar-refractivity contribution in [3.05, 3.63) is 29.3 Å². The third-order valence-electron chi connectivity index (χ3n) is 5.68. The van der Waals surface area contributed by atoms with Gasteiger partial charge in [0.2, 0.25) is 5.91 Å². The largest absolute Gasteiger partial charge is 0.416 e. The molecule has 1 aromatic carbocycles. The highest BCUT2D eigenvalue weighted by atomic mass is 19.4. The van der Waals surface area contributed by atoms with Crippen LogP contribution in [0.2, 0.25) is 0 Å². The number of hydrogen-bond acceptors (Lipinski definition) is 2. The second-order valence-electron chi connectivity index (χ2n) is 7.16. The zero-order valence-electron chi connectivity index (χ0n) is 13.7. The highest BCUT2D eigenvalue weighted by Crippen LogP contribution is 2.42. The molecular weight excluding hydrogens is 317 g/mol. The average Bonchev–Trinajstić information content (AvgIpc) is 2.47. The first-order chi connectivity index (χ1) is 11.3. The van der Waals surface area contributed by atoms with Crippen LogP contribution < -0.4 is 11.1 Å². The first-order valence-electron chi connectivity index (χ1n) is 8.50. The van der Waals surface area contributed by atoms with Gasteiger partial charge in [0.1, 0.15) is 0 Å². The third-order valence-corrected chi connectivity index (χ3v) is 5.68. The van der Waals surface area contributed by atoms with Crippen molar-refractivity contribution in [3.63, 3.8) is 0 Å². The van der Waals surface area contributed by atoms with Gasteiger partial charge in [-0.3, -0.25) is 4.79 Å². The van der Waals surface area contributed by atoms with Gasteiger partial charge in [-0.1, -0.05) is 12.5 Å². The Labute approximate surface area is 139 Å². The predicted octanol–water partition coefficient (Wildman–Crippen LogP) is 4.11. The van der Waals surface area contributed by atoms with Crippen molar-refractivity contribution in [3.8, 4) is 0 Å². The van der Waals surface area contributed by atoms with Crippen molar-refractivity contribution in [1.82, 2.24) is 0 Å². The molecule has 2 atom stereocenters. The molecular formula is C18H23F3N2O. The Morgan fingerprint density at radius 2 is 1.83 bits per heavy atom. The van der Waals surface area contributed by atoms with E-state index >= 15 is 0 Å². The van der Waals surface area contributed by atoms with Crippen molar-refractivity contribution in [1.29, 1.82) is 0 Å². The van der Waals surface area contributed by atoms with Gasteiger partial charge in [-0.25, -0.2) is 0 Å². The van der Waals surface area contributed by atoms with Crippen LogP contribution in [-0.2, 0) is 11.0 Å². The monoisotopic (exact) mass is 340 g/mol. The predicted molar refractivity (Wildman–Crippen MR) is 86.3 cm³/mol. The molecule has 0 heterocycles. The molecule has 1 aromatic rings. The standard InChI is InChI=1S/C18H23F3N2O/c1-10-14(18(19,20)21)6-3-7-15(10)23-17(24)13-8-11-4-2-5-12(9-13)16(11)22/h3,6-7,11-13,16H,2,4-5,8-9,22H2,1H3,(H,23,24). The molecule has 0 radical (unpaired) electrons. The number of rotatable bonds is 2. The lowest BCUT2D eigenvalue weighted by Gasteiger charge is -2.43. The van der Waals surface area contributed by atoms with Crippen LogP contribution in [0, 0.1) is 24.7 Å². The fraction of sp³-hybridized carbons (Fsp3) is 0.611. The van der Waals surface area contributed by atoms with Gasteiger partial charge in [0.15, 0.2) is 0 Å². The molecule has 132 valence electrons. The summed E-state index contributed by atoms with van der Waals surface area (Å²) in [6.07, 6.45) is 0.306.